The highest BCUT2D eigenvalue weighted by Crippen LogP contribution is 2.11. The molecule has 0 aliphatic heterocycles. The Hall–Kier alpha value is 0.757. The molecule has 0 atom stereocenters. The number of unbranched alkanes of at least 4 members (excludes halogenated alkanes) is 4. The fourth-order valence-corrected chi connectivity index (χ4v) is 2.50. The van der Waals surface area contributed by atoms with Crippen molar-refractivity contribution in [1.29, 1.82) is 0 Å². The average Bonchev–Trinajstić information content (AvgIpc) is 1.96. The van der Waals surface area contributed by atoms with E-state index in [2.05, 4.69) is 0 Å². The second-order valence-electron chi connectivity index (χ2n) is 2.74. The SMILES string of the molecule is NCCCCCCC[SiH](Cl)Cl. The molecule has 4 heteroatoms. The first kappa shape index (κ1) is 11.8. The van der Waals surface area contributed by atoms with Gasteiger partial charge < -0.3 is 5.73 Å². The summed E-state index contributed by atoms with van der Waals surface area (Å²) >= 11 is 11.4. The van der Waals surface area contributed by atoms with Gasteiger partial charge in [0.2, 0.25) is 7.42 Å². The van der Waals surface area contributed by atoms with Crippen LogP contribution in [0.15, 0.2) is 0 Å². The summed E-state index contributed by atoms with van der Waals surface area (Å²) in [6.07, 6.45) is 6.17. The normalized spacial score (nSPS) is 10.9. The minimum Gasteiger partial charge on any atom is -0.330 e. The topological polar surface area (TPSA) is 26.0 Å². The number of halogens is 2. The van der Waals surface area contributed by atoms with Gasteiger partial charge in [0.15, 0.2) is 0 Å². The first-order chi connectivity index (χ1) is 5.27. The molecule has 68 valence electrons. The van der Waals surface area contributed by atoms with Gasteiger partial charge in [0.05, 0.1) is 0 Å². The fraction of sp³-hybridized carbons (Fsp3) is 1.00. The molecular weight excluding hydrogens is 197 g/mol. The van der Waals surface area contributed by atoms with Gasteiger partial charge in [0, 0.05) is 0 Å². The Labute approximate surface area is 80.3 Å². The van der Waals surface area contributed by atoms with Crippen LogP contribution in [-0.4, -0.2) is 14.0 Å². The number of nitrogens with two attached hydrogens (primary N) is 1. The van der Waals surface area contributed by atoms with E-state index in [4.69, 9.17) is 27.9 Å². The Balaban J connectivity index is 2.80. The highest BCUT2D eigenvalue weighted by Gasteiger charge is 1.99. The van der Waals surface area contributed by atoms with Crippen LogP contribution in [0.4, 0.5) is 0 Å². The van der Waals surface area contributed by atoms with E-state index in [1.807, 2.05) is 0 Å². The van der Waals surface area contributed by atoms with Crippen molar-refractivity contribution < 1.29 is 0 Å². The molecular formula is C7H17Cl2NSi. The van der Waals surface area contributed by atoms with Crippen molar-refractivity contribution in [1.82, 2.24) is 0 Å². The Kier molecular flexibility index (Phi) is 9.46. The summed E-state index contributed by atoms with van der Waals surface area (Å²) in [6.45, 7) is 0.822. The minimum absolute atomic E-state index is 0.822. The van der Waals surface area contributed by atoms with Gasteiger partial charge in [0.1, 0.15) is 0 Å². The zero-order valence-electron chi connectivity index (χ0n) is 6.86. The van der Waals surface area contributed by atoms with E-state index in [1.165, 1.54) is 25.7 Å². The first-order valence-corrected chi connectivity index (χ1v) is 8.56. The van der Waals surface area contributed by atoms with Crippen molar-refractivity contribution in [2.45, 2.75) is 38.1 Å². The van der Waals surface area contributed by atoms with E-state index in [0.29, 0.717) is 0 Å². The van der Waals surface area contributed by atoms with Crippen LogP contribution < -0.4 is 5.73 Å². The molecule has 11 heavy (non-hydrogen) atoms. The van der Waals surface area contributed by atoms with Gasteiger partial charge in [-0.2, -0.15) is 22.2 Å². The maximum absolute atomic E-state index is 5.70. The highest BCUT2D eigenvalue weighted by atomic mass is 35.7. The molecule has 2 N–H and O–H groups in total. The highest BCUT2D eigenvalue weighted by molar-refractivity contribution is 7.33. The predicted octanol–water partition coefficient (Wildman–Crippen LogP) is 2.59. The van der Waals surface area contributed by atoms with Crippen molar-refractivity contribution in [3.63, 3.8) is 0 Å². The summed E-state index contributed by atoms with van der Waals surface area (Å²) in [4.78, 5) is 0. The summed E-state index contributed by atoms with van der Waals surface area (Å²) in [5.74, 6) is 0. The van der Waals surface area contributed by atoms with Crippen LogP contribution in [0.25, 0.3) is 0 Å². The van der Waals surface area contributed by atoms with E-state index in [-0.39, 0.29) is 0 Å². The van der Waals surface area contributed by atoms with Gasteiger partial charge in [0.25, 0.3) is 0 Å². The van der Waals surface area contributed by atoms with Crippen molar-refractivity contribution in [3.05, 3.63) is 0 Å². The Bertz CT molecular complexity index is 80.8. The molecule has 0 aromatic rings. The largest absolute Gasteiger partial charge is 0.330 e. The zero-order chi connectivity index (χ0) is 8.53. The first-order valence-electron chi connectivity index (χ1n) is 4.25. The molecule has 0 spiro atoms. The number of hydrogen-bond acceptors (Lipinski definition) is 1. The third-order valence-corrected chi connectivity index (χ3v) is 3.78. The van der Waals surface area contributed by atoms with Crippen LogP contribution in [0.2, 0.25) is 6.04 Å². The van der Waals surface area contributed by atoms with Crippen LogP contribution >= 0.6 is 22.2 Å². The quantitative estimate of drug-likeness (QED) is 0.393. The lowest BCUT2D eigenvalue weighted by molar-refractivity contribution is 0.637. The van der Waals surface area contributed by atoms with Gasteiger partial charge in [-0.15, -0.1) is 0 Å². The molecule has 0 saturated carbocycles. The molecule has 0 aromatic heterocycles. The van der Waals surface area contributed by atoms with Crippen molar-refractivity contribution >= 4 is 29.6 Å². The molecule has 0 aromatic carbocycles. The van der Waals surface area contributed by atoms with Gasteiger partial charge in [-0.3, -0.25) is 0 Å². The third kappa shape index (κ3) is 10.8. The molecule has 0 amide bonds. The van der Waals surface area contributed by atoms with Crippen molar-refractivity contribution in [3.8, 4) is 0 Å². The van der Waals surface area contributed by atoms with Crippen molar-refractivity contribution in [2.75, 3.05) is 6.54 Å². The fourth-order valence-electron chi connectivity index (χ4n) is 0.973. The lowest BCUT2D eigenvalue weighted by Gasteiger charge is -1.99. The summed E-state index contributed by atoms with van der Waals surface area (Å²) in [5, 5.41) is 0. The van der Waals surface area contributed by atoms with Gasteiger partial charge in [-0.25, -0.2) is 0 Å². The van der Waals surface area contributed by atoms with Gasteiger partial charge in [-0.05, 0) is 19.0 Å². The lowest BCUT2D eigenvalue weighted by Crippen LogP contribution is -1.97. The molecule has 0 rings (SSSR count). The van der Waals surface area contributed by atoms with E-state index < -0.39 is 7.42 Å². The molecule has 0 radical (unpaired) electrons. The van der Waals surface area contributed by atoms with E-state index in [0.717, 1.165) is 19.0 Å². The molecule has 0 unspecified atom stereocenters. The van der Waals surface area contributed by atoms with Crippen LogP contribution in [0, 0.1) is 0 Å². The zero-order valence-corrected chi connectivity index (χ0v) is 9.53. The van der Waals surface area contributed by atoms with Crippen LogP contribution in [0.5, 0.6) is 0 Å². The molecule has 0 heterocycles. The molecule has 0 saturated heterocycles. The maximum atomic E-state index is 5.70. The van der Waals surface area contributed by atoms with Crippen molar-refractivity contribution in [2.24, 2.45) is 5.73 Å². The standard InChI is InChI=1S/C7H17Cl2NSi/c8-11(9)7-5-3-1-2-4-6-10/h11H,1-7,10H2. The van der Waals surface area contributed by atoms with Crippen LogP contribution in [0.3, 0.4) is 0 Å². The second kappa shape index (κ2) is 8.85. The molecule has 1 nitrogen and oxygen atoms in total. The maximum Gasteiger partial charge on any atom is 0.237 e. The minimum atomic E-state index is -1.31. The van der Waals surface area contributed by atoms with E-state index >= 15 is 0 Å². The van der Waals surface area contributed by atoms with Crippen LogP contribution in [0.1, 0.15) is 32.1 Å². The molecule has 0 fully saturated rings. The monoisotopic (exact) mass is 213 g/mol. The summed E-state index contributed by atoms with van der Waals surface area (Å²) in [5.41, 5.74) is 5.36. The molecule has 0 bridgehead atoms. The summed E-state index contributed by atoms with van der Waals surface area (Å²) < 4.78 is 0. The molecule has 0 aliphatic carbocycles. The smallest absolute Gasteiger partial charge is 0.237 e. The summed E-state index contributed by atoms with van der Waals surface area (Å²) in [6, 6.07) is 1.06. The second-order valence-corrected chi connectivity index (χ2v) is 7.93. The van der Waals surface area contributed by atoms with E-state index in [1.54, 1.807) is 0 Å². The average molecular weight is 214 g/mol. The number of hydrogen-bond donors (Lipinski definition) is 1. The number of rotatable bonds is 7. The predicted molar refractivity (Wildman–Crippen MR) is 55.8 cm³/mol. The Morgan fingerprint density at radius 3 is 2.00 bits per heavy atom. The Morgan fingerprint density at radius 1 is 0.909 bits per heavy atom. The lowest BCUT2D eigenvalue weighted by atomic mass is 10.2. The van der Waals surface area contributed by atoms with Crippen LogP contribution in [-0.2, 0) is 0 Å². The molecule has 0 aliphatic rings. The van der Waals surface area contributed by atoms with Gasteiger partial charge in [-0.1, -0.05) is 25.7 Å². The Morgan fingerprint density at radius 2 is 1.45 bits per heavy atom. The third-order valence-electron chi connectivity index (χ3n) is 1.63. The van der Waals surface area contributed by atoms with Gasteiger partial charge >= 0.3 is 0 Å². The van der Waals surface area contributed by atoms with E-state index in [9.17, 15) is 0 Å². The summed E-state index contributed by atoms with van der Waals surface area (Å²) in [7, 11) is -1.31.